The molecule has 0 atom stereocenters. The van der Waals surface area contributed by atoms with Crippen LogP contribution in [-0.4, -0.2) is 10.5 Å². The normalized spacial score (nSPS) is 10.7. The number of nitrogens with zero attached hydrogens (tertiary/aromatic N) is 1. The zero-order valence-electron chi connectivity index (χ0n) is 15.6. The van der Waals surface area contributed by atoms with Crippen LogP contribution in [0.25, 0.3) is 10.9 Å². The van der Waals surface area contributed by atoms with Crippen LogP contribution in [0.2, 0.25) is 5.02 Å². The average Bonchev–Trinajstić information content (AvgIpc) is 2.73. The first-order valence-corrected chi connectivity index (χ1v) is 10.3. The van der Waals surface area contributed by atoms with Gasteiger partial charge in [0.25, 0.3) is 0 Å². The number of fused-ring (bicyclic) bond motifs is 1. The standard InChI is InChI=1S/C23H16BrClN2O3/c24-15-6-8-18-20(12-15)27(11-10-21(18)28)14-23(29)26-19-13-16(25)7-9-22(19)30-17-4-2-1-3-5-17/h1-13H,14H2,(H,26,29). The van der Waals surface area contributed by atoms with Crippen LogP contribution in [0.3, 0.4) is 0 Å². The van der Waals surface area contributed by atoms with Crippen molar-refractivity contribution < 1.29 is 9.53 Å². The van der Waals surface area contributed by atoms with Crippen molar-refractivity contribution in [3.05, 3.63) is 98.7 Å². The fourth-order valence-electron chi connectivity index (χ4n) is 3.07. The van der Waals surface area contributed by atoms with Crippen molar-refractivity contribution in [2.24, 2.45) is 0 Å². The predicted molar refractivity (Wildman–Crippen MR) is 123 cm³/mol. The number of amides is 1. The molecule has 0 aliphatic rings. The van der Waals surface area contributed by atoms with Crippen molar-refractivity contribution in [3.8, 4) is 11.5 Å². The number of para-hydroxylation sites is 1. The second-order valence-electron chi connectivity index (χ2n) is 6.57. The Morgan fingerprint density at radius 3 is 2.63 bits per heavy atom. The topological polar surface area (TPSA) is 60.3 Å². The van der Waals surface area contributed by atoms with E-state index < -0.39 is 0 Å². The number of carbonyl (C=O) groups is 1. The number of pyridine rings is 1. The number of rotatable bonds is 5. The van der Waals surface area contributed by atoms with Crippen molar-refractivity contribution in [2.75, 3.05) is 5.32 Å². The molecule has 4 aromatic rings. The van der Waals surface area contributed by atoms with Gasteiger partial charge < -0.3 is 14.6 Å². The second-order valence-corrected chi connectivity index (χ2v) is 7.93. The largest absolute Gasteiger partial charge is 0.455 e. The van der Waals surface area contributed by atoms with Gasteiger partial charge in [-0.05, 0) is 48.5 Å². The minimum absolute atomic E-state index is 0.0184. The fraction of sp³-hybridized carbons (Fsp3) is 0.0435. The van der Waals surface area contributed by atoms with Crippen LogP contribution >= 0.6 is 27.5 Å². The summed E-state index contributed by atoms with van der Waals surface area (Å²) < 4.78 is 8.43. The number of halogens is 2. The summed E-state index contributed by atoms with van der Waals surface area (Å²) in [6.45, 7) is 0.0184. The van der Waals surface area contributed by atoms with Gasteiger partial charge in [0.1, 0.15) is 12.3 Å². The number of hydrogen-bond donors (Lipinski definition) is 1. The molecule has 1 aromatic heterocycles. The smallest absolute Gasteiger partial charge is 0.244 e. The summed E-state index contributed by atoms with van der Waals surface area (Å²) in [7, 11) is 0. The molecule has 0 saturated carbocycles. The molecule has 0 aliphatic carbocycles. The van der Waals surface area contributed by atoms with Gasteiger partial charge in [0.2, 0.25) is 5.91 Å². The summed E-state index contributed by atoms with van der Waals surface area (Å²) in [5, 5.41) is 3.88. The second kappa shape index (κ2) is 8.73. The molecule has 3 aromatic carbocycles. The van der Waals surface area contributed by atoms with Crippen LogP contribution in [0.1, 0.15) is 0 Å². The number of anilines is 1. The maximum atomic E-state index is 12.8. The van der Waals surface area contributed by atoms with E-state index in [2.05, 4.69) is 21.2 Å². The molecule has 0 unspecified atom stereocenters. The molecule has 4 rings (SSSR count). The third-order valence-electron chi connectivity index (χ3n) is 4.44. The molecule has 1 heterocycles. The summed E-state index contributed by atoms with van der Waals surface area (Å²) in [4.78, 5) is 24.9. The highest BCUT2D eigenvalue weighted by molar-refractivity contribution is 9.10. The van der Waals surface area contributed by atoms with Crippen molar-refractivity contribution in [3.63, 3.8) is 0 Å². The number of hydrogen-bond acceptors (Lipinski definition) is 3. The molecule has 0 spiro atoms. The van der Waals surface area contributed by atoms with Gasteiger partial charge in [-0.3, -0.25) is 9.59 Å². The van der Waals surface area contributed by atoms with Crippen molar-refractivity contribution in [1.29, 1.82) is 0 Å². The predicted octanol–water partition coefficient (Wildman–Crippen LogP) is 5.85. The molecule has 1 amide bonds. The first kappa shape index (κ1) is 20.2. The number of aromatic nitrogens is 1. The van der Waals surface area contributed by atoms with Crippen LogP contribution < -0.4 is 15.5 Å². The monoisotopic (exact) mass is 482 g/mol. The average molecular weight is 484 g/mol. The molecule has 1 N–H and O–H groups in total. The summed E-state index contributed by atoms with van der Waals surface area (Å²) in [5.41, 5.74) is 1.03. The van der Waals surface area contributed by atoms with Gasteiger partial charge in [0.05, 0.1) is 11.2 Å². The summed E-state index contributed by atoms with van der Waals surface area (Å²) in [6, 6.07) is 21.1. The van der Waals surface area contributed by atoms with Gasteiger partial charge in [0.15, 0.2) is 11.2 Å². The Kier molecular flexibility index (Phi) is 5.88. The molecule has 0 saturated heterocycles. The van der Waals surface area contributed by atoms with Gasteiger partial charge in [-0.15, -0.1) is 0 Å². The van der Waals surface area contributed by atoms with Gasteiger partial charge in [-0.25, -0.2) is 0 Å². The SMILES string of the molecule is O=C(Cn1ccc(=O)c2ccc(Br)cc21)Nc1cc(Cl)ccc1Oc1ccccc1. The Morgan fingerprint density at radius 2 is 1.83 bits per heavy atom. The van der Waals surface area contributed by atoms with E-state index in [0.717, 1.165) is 4.47 Å². The molecule has 0 radical (unpaired) electrons. The Morgan fingerprint density at radius 1 is 1.03 bits per heavy atom. The van der Waals surface area contributed by atoms with Crippen LogP contribution in [0.15, 0.2) is 88.3 Å². The minimum atomic E-state index is -0.278. The Balaban J connectivity index is 1.60. The van der Waals surface area contributed by atoms with Gasteiger partial charge >= 0.3 is 0 Å². The van der Waals surface area contributed by atoms with E-state index in [1.807, 2.05) is 36.4 Å². The van der Waals surface area contributed by atoms with E-state index in [9.17, 15) is 9.59 Å². The zero-order valence-corrected chi connectivity index (χ0v) is 18.0. The lowest BCUT2D eigenvalue weighted by Crippen LogP contribution is -2.20. The summed E-state index contributed by atoms with van der Waals surface area (Å²) in [5.74, 6) is 0.845. The molecule has 5 nitrogen and oxygen atoms in total. The molecular formula is C23H16BrClN2O3. The van der Waals surface area contributed by atoms with E-state index in [0.29, 0.717) is 33.1 Å². The lowest BCUT2D eigenvalue weighted by molar-refractivity contribution is -0.116. The first-order valence-electron chi connectivity index (χ1n) is 9.10. The number of carbonyl (C=O) groups excluding carboxylic acids is 1. The maximum absolute atomic E-state index is 12.8. The molecule has 0 aliphatic heterocycles. The van der Waals surface area contributed by atoms with Crippen LogP contribution in [0.5, 0.6) is 11.5 Å². The van der Waals surface area contributed by atoms with E-state index in [-0.39, 0.29) is 17.9 Å². The first-order chi connectivity index (χ1) is 14.5. The van der Waals surface area contributed by atoms with Crippen molar-refractivity contribution in [2.45, 2.75) is 6.54 Å². The maximum Gasteiger partial charge on any atom is 0.244 e. The zero-order chi connectivity index (χ0) is 21.1. The summed E-state index contributed by atoms with van der Waals surface area (Å²) in [6.07, 6.45) is 1.61. The fourth-order valence-corrected chi connectivity index (χ4v) is 3.59. The van der Waals surface area contributed by atoms with E-state index >= 15 is 0 Å². The molecule has 150 valence electrons. The van der Waals surface area contributed by atoms with Crippen molar-refractivity contribution in [1.82, 2.24) is 4.57 Å². The lowest BCUT2D eigenvalue weighted by atomic mass is 10.2. The molecule has 30 heavy (non-hydrogen) atoms. The number of benzene rings is 3. The van der Waals surface area contributed by atoms with E-state index in [1.54, 1.807) is 41.1 Å². The van der Waals surface area contributed by atoms with Crippen LogP contribution in [0, 0.1) is 0 Å². The highest BCUT2D eigenvalue weighted by Crippen LogP contribution is 2.32. The Bertz CT molecular complexity index is 1290. The van der Waals surface area contributed by atoms with Crippen LogP contribution in [-0.2, 0) is 11.3 Å². The molecule has 7 heteroatoms. The highest BCUT2D eigenvalue weighted by Gasteiger charge is 2.12. The highest BCUT2D eigenvalue weighted by atomic mass is 79.9. The Labute approximate surface area is 186 Å². The van der Waals surface area contributed by atoms with E-state index in [1.165, 1.54) is 6.07 Å². The van der Waals surface area contributed by atoms with Crippen molar-refractivity contribution >= 4 is 50.0 Å². The quantitative estimate of drug-likeness (QED) is 0.387. The third-order valence-corrected chi connectivity index (χ3v) is 5.17. The van der Waals surface area contributed by atoms with E-state index in [4.69, 9.17) is 16.3 Å². The molecule has 0 fully saturated rings. The number of nitrogens with one attached hydrogen (secondary N) is 1. The lowest BCUT2D eigenvalue weighted by Gasteiger charge is -2.14. The minimum Gasteiger partial charge on any atom is -0.455 e. The van der Waals surface area contributed by atoms with Gasteiger partial charge in [0, 0.05) is 27.1 Å². The molecule has 0 bridgehead atoms. The third kappa shape index (κ3) is 4.56. The molecular weight excluding hydrogens is 468 g/mol. The van der Waals surface area contributed by atoms with Crippen LogP contribution in [0.4, 0.5) is 5.69 Å². The van der Waals surface area contributed by atoms with Gasteiger partial charge in [-0.2, -0.15) is 0 Å². The summed E-state index contributed by atoms with van der Waals surface area (Å²) >= 11 is 9.54. The number of ether oxygens (including phenoxy) is 1. The Hall–Kier alpha value is -3.09. The van der Waals surface area contributed by atoms with Gasteiger partial charge in [-0.1, -0.05) is 45.7 Å².